The second-order valence-electron chi connectivity index (χ2n) is 8.72. The first-order valence-corrected chi connectivity index (χ1v) is 11.2. The molecule has 1 fully saturated rings. The molecule has 1 saturated heterocycles. The van der Waals surface area contributed by atoms with E-state index in [1.165, 1.54) is 0 Å². The fraction of sp³-hybridized carbons (Fsp3) is 0.440. The molecule has 3 atom stereocenters. The van der Waals surface area contributed by atoms with Crippen molar-refractivity contribution in [3.05, 3.63) is 64.3 Å². The number of ether oxygens (including phenoxy) is 2. The number of aliphatic hydroxyl groups excluding tert-OH is 2. The molecule has 5 nitrogen and oxygen atoms in total. The number of aliphatic hydroxyl groups is 2. The van der Waals surface area contributed by atoms with Crippen molar-refractivity contribution in [1.82, 2.24) is 4.57 Å². The number of hydrogen-bond donors (Lipinski definition) is 2. The zero-order chi connectivity index (χ0) is 22.1. The first kappa shape index (κ1) is 22.2. The van der Waals surface area contributed by atoms with Gasteiger partial charge in [-0.15, -0.1) is 0 Å². The molecule has 0 unspecified atom stereocenters. The van der Waals surface area contributed by atoms with Crippen LogP contribution in [0.2, 0.25) is 5.02 Å². The van der Waals surface area contributed by atoms with Gasteiger partial charge < -0.3 is 24.3 Å². The zero-order valence-electron chi connectivity index (χ0n) is 18.2. The molecule has 0 bridgehead atoms. The molecule has 1 aliphatic rings. The van der Waals surface area contributed by atoms with Crippen LogP contribution in [-0.2, 0) is 11.3 Å². The molecule has 1 aromatic heterocycles. The van der Waals surface area contributed by atoms with E-state index in [9.17, 15) is 10.2 Å². The summed E-state index contributed by atoms with van der Waals surface area (Å²) in [7, 11) is 0. The number of halogens is 1. The molecule has 6 heteroatoms. The molecule has 3 aromatic rings. The number of rotatable bonds is 6. The summed E-state index contributed by atoms with van der Waals surface area (Å²) in [6.07, 6.45) is 2.02. The SMILES string of the molecule is Cc1cc(Cl)c2c(c1)c([C@H]1C[C@@H](O)C[C@@H](CO)O1)cn2Cc1ccc(OC(C)C)cc1. The number of fused-ring (bicyclic) bond motifs is 1. The topological polar surface area (TPSA) is 63.8 Å². The van der Waals surface area contributed by atoms with Crippen molar-refractivity contribution in [1.29, 1.82) is 0 Å². The van der Waals surface area contributed by atoms with Crippen LogP contribution in [0.25, 0.3) is 10.9 Å². The van der Waals surface area contributed by atoms with Gasteiger partial charge in [0, 0.05) is 36.5 Å². The van der Waals surface area contributed by atoms with E-state index in [-0.39, 0.29) is 24.9 Å². The Kier molecular flexibility index (Phi) is 6.58. The van der Waals surface area contributed by atoms with Gasteiger partial charge in [0.05, 0.1) is 41.6 Å². The molecule has 2 N–H and O–H groups in total. The Labute approximate surface area is 188 Å². The standard InChI is InChI=1S/C25H30ClNO4/c1-15(2)30-19-6-4-17(5-7-19)12-27-13-22(21-8-16(3)9-23(26)25(21)27)24-11-18(29)10-20(14-28)31-24/h4-9,13,15,18,20,24,28-29H,10-12,14H2,1-3H3/t18-,20-,24+/m0/s1. The summed E-state index contributed by atoms with van der Waals surface area (Å²) in [4.78, 5) is 0. The molecule has 2 aromatic carbocycles. The van der Waals surface area contributed by atoms with Gasteiger partial charge in [0.2, 0.25) is 0 Å². The van der Waals surface area contributed by atoms with Crippen LogP contribution in [0.5, 0.6) is 5.75 Å². The smallest absolute Gasteiger partial charge is 0.119 e. The fourth-order valence-electron chi connectivity index (χ4n) is 4.38. The van der Waals surface area contributed by atoms with E-state index in [4.69, 9.17) is 21.1 Å². The Bertz CT molecular complexity index is 1040. The van der Waals surface area contributed by atoms with Crippen LogP contribution in [0.1, 0.15) is 49.5 Å². The molecule has 166 valence electrons. The first-order valence-electron chi connectivity index (χ1n) is 10.8. The summed E-state index contributed by atoms with van der Waals surface area (Å²) in [5.41, 5.74) is 4.15. The normalized spacial score (nSPS) is 21.7. The summed E-state index contributed by atoms with van der Waals surface area (Å²) in [6.45, 7) is 6.59. The van der Waals surface area contributed by atoms with E-state index < -0.39 is 6.10 Å². The second-order valence-corrected chi connectivity index (χ2v) is 9.13. The van der Waals surface area contributed by atoms with E-state index in [2.05, 4.69) is 29.0 Å². The lowest BCUT2D eigenvalue weighted by Crippen LogP contribution is -2.33. The van der Waals surface area contributed by atoms with Crippen molar-refractivity contribution in [2.45, 2.75) is 64.6 Å². The Morgan fingerprint density at radius 1 is 1.19 bits per heavy atom. The summed E-state index contributed by atoms with van der Waals surface area (Å²) in [5.74, 6) is 0.852. The van der Waals surface area contributed by atoms with Crippen LogP contribution < -0.4 is 4.74 Å². The van der Waals surface area contributed by atoms with Gasteiger partial charge >= 0.3 is 0 Å². The summed E-state index contributed by atoms with van der Waals surface area (Å²) < 4.78 is 14.0. The van der Waals surface area contributed by atoms with Crippen LogP contribution in [-0.4, -0.2) is 39.7 Å². The van der Waals surface area contributed by atoms with E-state index in [0.717, 1.165) is 33.3 Å². The van der Waals surface area contributed by atoms with Gasteiger partial charge in [-0.2, -0.15) is 0 Å². The van der Waals surface area contributed by atoms with Gasteiger partial charge in [-0.25, -0.2) is 0 Å². The van der Waals surface area contributed by atoms with E-state index in [1.54, 1.807) is 0 Å². The molecule has 0 spiro atoms. The fourth-order valence-corrected chi connectivity index (χ4v) is 4.76. The van der Waals surface area contributed by atoms with Crippen molar-refractivity contribution in [3.8, 4) is 5.75 Å². The number of nitrogens with zero attached hydrogens (tertiary/aromatic N) is 1. The first-order chi connectivity index (χ1) is 14.8. The number of hydrogen-bond acceptors (Lipinski definition) is 4. The Morgan fingerprint density at radius 3 is 2.61 bits per heavy atom. The van der Waals surface area contributed by atoms with Crippen molar-refractivity contribution < 1.29 is 19.7 Å². The third kappa shape index (κ3) is 4.90. The van der Waals surface area contributed by atoms with Crippen molar-refractivity contribution in [2.75, 3.05) is 6.61 Å². The third-order valence-corrected chi connectivity index (χ3v) is 5.97. The Morgan fingerprint density at radius 2 is 1.94 bits per heavy atom. The largest absolute Gasteiger partial charge is 0.491 e. The number of aryl methyl sites for hydroxylation is 1. The maximum Gasteiger partial charge on any atom is 0.119 e. The highest BCUT2D eigenvalue weighted by Gasteiger charge is 2.31. The molecular weight excluding hydrogens is 414 g/mol. The van der Waals surface area contributed by atoms with Gasteiger partial charge in [-0.05, 0) is 56.2 Å². The lowest BCUT2D eigenvalue weighted by molar-refractivity contribution is -0.113. The van der Waals surface area contributed by atoms with Crippen LogP contribution in [0, 0.1) is 6.92 Å². The molecule has 0 radical (unpaired) electrons. The van der Waals surface area contributed by atoms with Crippen molar-refractivity contribution in [3.63, 3.8) is 0 Å². The highest BCUT2D eigenvalue weighted by atomic mass is 35.5. The number of benzene rings is 2. The molecule has 0 amide bonds. The Balaban J connectivity index is 1.71. The van der Waals surface area contributed by atoms with Gasteiger partial charge in [-0.1, -0.05) is 23.7 Å². The third-order valence-electron chi connectivity index (χ3n) is 5.68. The van der Waals surface area contributed by atoms with Crippen LogP contribution in [0.15, 0.2) is 42.6 Å². The minimum absolute atomic E-state index is 0.100. The highest BCUT2D eigenvalue weighted by Crippen LogP contribution is 2.39. The van der Waals surface area contributed by atoms with Gasteiger partial charge in [0.1, 0.15) is 5.75 Å². The molecule has 31 heavy (non-hydrogen) atoms. The maximum atomic E-state index is 10.3. The molecule has 0 aliphatic carbocycles. The quantitative estimate of drug-likeness (QED) is 0.562. The van der Waals surface area contributed by atoms with Gasteiger partial charge in [-0.3, -0.25) is 0 Å². The Hall–Kier alpha value is -2.05. The average Bonchev–Trinajstić information content (AvgIpc) is 3.07. The lowest BCUT2D eigenvalue weighted by Gasteiger charge is -2.32. The average molecular weight is 444 g/mol. The summed E-state index contributed by atoms with van der Waals surface area (Å²) in [6, 6.07) is 12.2. The van der Waals surface area contributed by atoms with Gasteiger partial charge in [0.25, 0.3) is 0 Å². The predicted octanol–water partition coefficient (Wildman–Crippen LogP) is 5.01. The van der Waals surface area contributed by atoms with Crippen LogP contribution in [0.3, 0.4) is 0 Å². The van der Waals surface area contributed by atoms with Crippen LogP contribution in [0.4, 0.5) is 0 Å². The maximum absolute atomic E-state index is 10.3. The van der Waals surface area contributed by atoms with Crippen molar-refractivity contribution >= 4 is 22.5 Å². The van der Waals surface area contributed by atoms with Crippen LogP contribution >= 0.6 is 11.6 Å². The monoisotopic (exact) mass is 443 g/mol. The van der Waals surface area contributed by atoms with E-state index in [0.29, 0.717) is 24.4 Å². The molecule has 1 aliphatic heterocycles. The zero-order valence-corrected chi connectivity index (χ0v) is 19.0. The summed E-state index contributed by atoms with van der Waals surface area (Å²) in [5, 5.41) is 21.6. The van der Waals surface area contributed by atoms with E-state index >= 15 is 0 Å². The molecule has 2 heterocycles. The van der Waals surface area contributed by atoms with Gasteiger partial charge in [0.15, 0.2) is 0 Å². The summed E-state index contributed by atoms with van der Waals surface area (Å²) >= 11 is 6.68. The van der Waals surface area contributed by atoms with Crippen molar-refractivity contribution in [2.24, 2.45) is 0 Å². The lowest BCUT2D eigenvalue weighted by atomic mass is 9.95. The minimum Gasteiger partial charge on any atom is -0.491 e. The molecule has 4 rings (SSSR count). The minimum atomic E-state index is -0.497. The molecule has 0 saturated carbocycles. The highest BCUT2D eigenvalue weighted by molar-refractivity contribution is 6.35. The second kappa shape index (κ2) is 9.21. The van der Waals surface area contributed by atoms with E-state index in [1.807, 2.05) is 39.0 Å². The number of aromatic nitrogens is 1. The predicted molar refractivity (Wildman–Crippen MR) is 123 cm³/mol. The molecular formula is C25H30ClNO4.